The molecule has 0 spiro atoms. The topological polar surface area (TPSA) is 108 Å². The highest BCUT2D eigenvalue weighted by atomic mass is 32.2. The molecular formula is C11H16N6O2S. The first kappa shape index (κ1) is 14.5. The number of fused-ring (bicyclic) bond motifs is 1. The molecule has 0 aliphatic carbocycles. The summed E-state index contributed by atoms with van der Waals surface area (Å²) in [6.45, 7) is 2.17. The van der Waals surface area contributed by atoms with Crippen molar-refractivity contribution < 1.29 is 9.53 Å². The maximum atomic E-state index is 11.3. The molecule has 0 aromatic carbocycles. The maximum absolute atomic E-state index is 11.3. The number of anilines is 1. The Morgan fingerprint density at radius 3 is 3.05 bits per heavy atom. The van der Waals surface area contributed by atoms with Crippen LogP contribution in [0.2, 0.25) is 0 Å². The molecule has 0 amide bonds. The summed E-state index contributed by atoms with van der Waals surface area (Å²) in [5.74, 6) is 7.09. The minimum absolute atomic E-state index is 0.240. The molecule has 2 aromatic rings. The van der Waals surface area contributed by atoms with Crippen molar-refractivity contribution in [3.05, 3.63) is 12.0 Å². The highest BCUT2D eigenvalue weighted by Crippen LogP contribution is 2.20. The van der Waals surface area contributed by atoms with Crippen molar-refractivity contribution in [3.63, 3.8) is 0 Å². The summed E-state index contributed by atoms with van der Waals surface area (Å²) >= 11 is 1.39. The highest BCUT2D eigenvalue weighted by molar-refractivity contribution is 7.99. The lowest BCUT2D eigenvalue weighted by molar-refractivity contribution is -0.139. The largest absolute Gasteiger partial charge is 0.465 e. The number of hydrogen-bond acceptors (Lipinski definition) is 8. The second-order valence-corrected chi connectivity index (χ2v) is 4.92. The Bertz CT molecular complexity index is 614. The van der Waals surface area contributed by atoms with Crippen molar-refractivity contribution in [1.82, 2.24) is 19.7 Å². The van der Waals surface area contributed by atoms with E-state index in [1.54, 1.807) is 24.9 Å². The van der Waals surface area contributed by atoms with Gasteiger partial charge >= 0.3 is 5.97 Å². The van der Waals surface area contributed by atoms with Gasteiger partial charge in [-0.25, -0.2) is 15.8 Å². The number of hydrogen-bond donors (Lipinski definition) is 2. The van der Waals surface area contributed by atoms with Crippen LogP contribution in [0.15, 0.2) is 6.20 Å². The van der Waals surface area contributed by atoms with Gasteiger partial charge in [-0.05, 0) is 6.92 Å². The van der Waals surface area contributed by atoms with Gasteiger partial charge in [-0.15, -0.1) is 11.8 Å². The minimum Gasteiger partial charge on any atom is -0.465 e. The van der Waals surface area contributed by atoms with E-state index in [1.807, 2.05) is 0 Å². The normalized spacial score (nSPS) is 10.8. The third-order valence-electron chi connectivity index (χ3n) is 2.53. The van der Waals surface area contributed by atoms with Crippen molar-refractivity contribution >= 4 is 34.6 Å². The van der Waals surface area contributed by atoms with E-state index in [9.17, 15) is 4.79 Å². The number of esters is 1. The molecule has 0 radical (unpaired) electrons. The molecule has 0 fully saturated rings. The minimum atomic E-state index is -0.240. The number of carbonyl (C=O) groups is 1. The SMILES string of the molecule is CCOC(=O)CSCc1nc(NN)c2cnn(C)c2n1. The molecule has 2 rings (SSSR count). The van der Waals surface area contributed by atoms with Gasteiger partial charge in [0, 0.05) is 7.05 Å². The smallest absolute Gasteiger partial charge is 0.315 e. The number of thioether (sulfide) groups is 1. The second kappa shape index (κ2) is 6.53. The van der Waals surface area contributed by atoms with Gasteiger partial charge in [-0.1, -0.05) is 0 Å². The van der Waals surface area contributed by atoms with E-state index in [2.05, 4.69) is 20.5 Å². The van der Waals surface area contributed by atoms with Crippen molar-refractivity contribution in [1.29, 1.82) is 0 Å². The lowest BCUT2D eigenvalue weighted by atomic mass is 10.4. The monoisotopic (exact) mass is 296 g/mol. The van der Waals surface area contributed by atoms with Gasteiger partial charge in [0.05, 0.1) is 29.7 Å². The summed E-state index contributed by atoms with van der Waals surface area (Å²) in [6, 6.07) is 0. The van der Waals surface area contributed by atoms with Gasteiger partial charge in [-0.2, -0.15) is 5.10 Å². The number of aryl methyl sites for hydroxylation is 1. The van der Waals surface area contributed by atoms with Gasteiger partial charge in [0.25, 0.3) is 0 Å². The molecular weight excluding hydrogens is 280 g/mol. The van der Waals surface area contributed by atoms with Crippen LogP contribution in [0.25, 0.3) is 11.0 Å². The van der Waals surface area contributed by atoms with E-state index in [4.69, 9.17) is 10.6 Å². The lowest BCUT2D eigenvalue weighted by Crippen LogP contribution is -2.11. The average molecular weight is 296 g/mol. The van der Waals surface area contributed by atoms with Crippen LogP contribution in [-0.2, 0) is 22.3 Å². The molecule has 0 aliphatic heterocycles. The lowest BCUT2D eigenvalue weighted by Gasteiger charge is -2.05. The van der Waals surface area contributed by atoms with Crippen LogP contribution < -0.4 is 11.3 Å². The van der Waals surface area contributed by atoms with Crippen LogP contribution in [-0.4, -0.2) is 38.1 Å². The quantitative estimate of drug-likeness (QED) is 0.449. The average Bonchev–Trinajstić information content (AvgIpc) is 2.80. The summed E-state index contributed by atoms with van der Waals surface area (Å²) in [5, 5.41) is 4.87. The second-order valence-electron chi connectivity index (χ2n) is 3.94. The number of nitrogen functional groups attached to an aromatic ring is 1. The fraction of sp³-hybridized carbons (Fsp3) is 0.455. The van der Waals surface area contributed by atoms with Gasteiger partial charge in [0.1, 0.15) is 5.82 Å². The number of nitrogens with two attached hydrogens (primary N) is 1. The van der Waals surface area contributed by atoms with E-state index in [-0.39, 0.29) is 11.7 Å². The first-order valence-electron chi connectivity index (χ1n) is 6.04. The van der Waals surface area contributed by atoms with Crippen LogP contribution in [0.3, 0.4) is 0 Å². The van der Waals surface area contributed by atoms with Crippen LogP contribution in [0.5, 0.6) is 0 Å². The summed E-state index contributed by atoms with van der Waals surface area (Å²) in [7, 11) is 1.80. The fourth-order valence-corrected chi connectivity index (χ4v) is 2.33. The van der Waals surface area contributed by atoms with Crippen molar-refractivity contribution in [2.24, 2.45) is 12.9 Å². The Balaban J connectivity index is 2.10. The Labute approximate surface area is 120 Å². The Morgan fingerprint density at radius 1 is 1.55 bits per heavy atom. The summed E-state index contributed by atoms with van der Waals surface area (Å²) in [6.07, 6.45) is 1.65. The molecule has 0 aliphatic rings. The molecule has 0 unspecified atom stereocenters. The van der Waals surface area contributed by atoms with Crippen molar-refractivity contribution in [3.8, 4) is 0 Å². The predicted octanol–water partition coefficient (Wildman–Crippen LogP) is 0.445. The first-order chi connectivity index (χ1) is 9.65. The molecule has 2 heterocycles. The van der Waals surface area contributed by atoms with E-state index < -0.39 is 0 Å². The van der Waals surface area contributed by atoms with Gasteiger partial charge in [0.2, 0.25) is 0 Å². The number of aromatic nitrogens is 4. The molecule has 20 heavy (non-hydrogen) atoms. The zero-order valence-electron chi connectivity index (χ0n) is 11.3. The Morgan fingerprint density at radius 2 is 2.35 bits per heavy atom. The van der Waals surface area contributed by atoms with Crippen LogP contribution in [0.4, 0.5) is 5.82 Å². The molecule has 0 bridgehead atoms. The molecule has 0 saturated heterocycles. The van der Waals surface area contributed by atoms with Crippen LogP contribution >= 0.6 is 11.8 Å². The summed E-state index contributed by atoms with van der Waals surface area (Å²) < 4.78 is 6.50. The van der Waals surface area contributed by atoms with Gasteiger partial charge in [0.15, 0.2) is 11.5 Å². The molecule has 0 saturated carbocycles. The molecule has 0 atom stereocenters. The number of rotatable bonds is 6. The predicted molar refractivity (Wildman–Crippen MR) is 76.9 cm³/mol. The molecule has 2 aromatic heterocycles. The number of ether oxygens (including phenoxy) is 1. The van der Waals surface area contributed by atoms with Crippen molar-refractivity contribution in [2.75, 3.05) is 17.8 Å². The molecule has 8 nitrogen and oxygen atoms in total. The van der Waals surface area contributed by atoms with Crippen LogP contribution in [0, 0.1) is 0 Å². The van der Waals surface area contributed by atoms with E-state index >= 15 is 0 Å². The maximum Gasteiger partial charge on any atom is 0.315 e. The van der Waals surface area contributed by atoms with E-state index in [0.717, 1.165) is 5.39 Å². The highest BCUT2D eigenvalue weighted by Gasteiger charge is 2.11. The summed E-state index contributed by atoms with van der Waals surface area (Å²) in [5.41, 5.74) is 3.23. The number of nitrogens with one attached hydrogen (secondary N) is 1. The third-order valence-corrected chi connectivity index (χ3v) is 3.43. The Kier molecular flexibility index (Phi) is 4.74. The van der Waals surface area contributed by atoms with Gasteiger partial charge < -0.3 is 10.2 Å². The standard InChI is InChI=1S/C11H16N6O2S/c1-3-19-9(18)6-20-5-8-14-10(16-12)7-4-13-17(2)11(7)15-8/h4H,3,5-6,12H2,1-2H3,(H,14,15,16). The van der Waals surface area contributed by atoms with Gasteiger partial charge in [-0.3, -0.25) is 9.48 Å². The first-order valence-corrected chi connectivity index (χ1v) is 7.19. The molecule has 108 valence electrons. The molecule has 3 N–H and O–H groups in total. The van der Waals surface area contributed by atoms with E-state index in [0.29, 0.717) is 29.6 Å². The number of carbonyl (C=O) groups excluding carboxylic acids is 1. The number of nitrogens with zero attached hydrogens (tertiary/aromatic N) is 4. The van der Waals surface area contributed by atoms with E-state index in [1.165, 1.54) is 11.8 Å². The summed E-state index contributed by atoms with van der Waals surface area (Å²) in [4.78, 5) is 20.0. The van der Waals surface area contributed by atoms with Crippen molar-refractivity contribution in [2.45, 2.75) is 12.7 Å². The number of hydrazine groups is 1. The fourth-order valence-electron chi connectivity index (χ4n) is 1.67. The Hall–Kier alpha value is -1.87. The molecule has 9 heteroatoms. The zero-order valence-corrected chi connectivity index (χ0v) is 12.1. The zero-order chi connectivity index (χ0) is 14.5. The van der Waals surface area contributed by atoms with Crippen LogP contribution in [0.1, 0.15) is 12.7 Å². The third kappa shape index (κ3) is 3.17.